The lowest BCUT2D eigenvalue weighted by molar-refractivity contribution is 0.0468. The van der Waals surface area contributed by atoms with E-state index in [1.807, 2.05) is 0 Å². The maximum absolute atomic E-state index is 6.02. The molecule has 0 saturated heterocycles. The quantitative estimate of drug-likeness (QED) is 0.325. The number of nitrogens with zero attached hydrogens (tertiary/aromatic N) is 2. The monoisotopic (exact) mass is 352 g/mol. The third-order valence-corrected chi connectivity index (χ3v) is 5.24. The largest absolute Gasteiger partial charge is 0.376 e. The van der Waals surface area contributed by atoms with Crippen LogP contribution in [0.3, 0.4) is 0 Å². The molecule has 6 heteroatoms. The Bertz CT molecular complexity index is 481. The molecule has 0 radical (unpaired) electrons. The predicted octanol–water partition coefficient (Wildman–Crippen LogP) is 3.50. The summed E-state index contributed by atoms with van der Waals surface area (Å²) in [6.07, 6.45) is 9.25. The number of ether oxygens (including phenoxy) is 1. The summed E-state index contributed by atoms with van der Waals surface area (Å²) < 4.78 is 6.02. The molecule has 1 saturated carbocycles. The van der Waals surface area contributed by atoms with Gasteiger partial charge in [-0.15, -0.1) is 11.3 Å². The fourth-order valence-electron chi connectivity index (χ4n) is 2.89. The molecular weight excluding hydrogens is 320 g/mol. The maximum Gasteiger partial charge on any atom is 0.191 e. The average Bonchev–Trinajstić information content (AvgIpc) is 2.91. The van der Waals surface area contributed by atoms with E-state index in [4.69, 9.17) is 4.74 Å². The van der Waals surface area contributed by atoms with Crippen molar-refractivity contribution in [2.75, 3.05) is 19.7 Å². The minimum atomic E-state index is 0.455. The van der Waals surface area contributed by atoms with Crippen molar-refractivity contribution < 1.29 is 4.74 Å². The Morgan fingerprint density at radius 2 is 2.04 bits per heavy atom. The van der Waals surface area contributed by atoms with Crippen LogP contribution in [0.5, 0.6) is 0 Å². The number of hydrogen-bond donors (Lipinski definition) is 2. The standard InChI is InChI=1S/C18H32N4OS/c1-3-17-22-15(14-24-17)13-21-18(19-4-2)20-11-12-23-16-9-7-5-6-8-10-16/h14,16H,3-13H2,1-2H3,(H2,19,20,21). The molecule has 1 fully saturated rings. The highest BCUT2D eigenvalue weighted by Gasteiger charge is 2.12. The number of nitrogens with one attached hydrogen (secondary N) is 2. The summed E-state index contributed by atoms with van der Waals surface area (Å²) in [4.78, 5) is 9.17. The van der Waals surface area contributed by atoms with Gasteiger partial charge in [0.05, 0.1) is 30.0 Å². The normalized spacial score (nSPS) is 16.8. The molecule has 0 bridgehead atoms. The predicted molar refractivity (Wildman–Crippen MR) is 102 cm³/mol. The SMILES string of the molecule is CCNC(=NCc1csc(CC)n1)NCCOC1CCCCCC1. The number of hydrogen-bond acceptors (Lipinski definition) is 4. The van der Waals surface area contributed by atoms with E-state index in [1.165, 1.54) is 43.5 Å². The highest BCUT2D eigenvalue weighted by atomic mass is 32.1. The minimum absolute atomic E-state index is 0.455. The lowest BCUT2D eigenvalue weighted by atomic mass is 10.1. The molecule has 0 unspecified atom stereocenters. The Hall–Kier alpha value is -1.14. The van der Waals surface area contributed by atoms with Crippen LogP contribution < -0.4 is 10.6 Å². The lowest BCUT2D eigenvalue weighted by Crippen LogP contribution is -2.39. The van der Waals surface area contributed by atoms with Crippen LogP contribution >= 0.6 is 11.3 Å². The van der Waals surface area contributed by atoms with E-state index < -0.39 is 0 Å². The zero-order chi connectivity index (χ0) is 17.0. The van der Waals surface area contributed by atoms with Gasteiger partial charge in [-0.25, -0.2) is 9.98 Å². The summed E-state index contributed by atoms with van der Waals surface area (Å²) in [5, 5.41) is 9.91. The molecule has 0 aliphatic heterocycles. The first-order valence-corrected chi connectivity index (χ1v) is 10.3. The van der Waals surface area contributed by atoms with E-state index in [9.17, 15) is 0 Å². The van der Waals surface area contributed by atoms with Gasteiger partial charge in [0.15, 0.2) is 5.96 Å². The van der Waals surface area contributed by atoms with E-state index in [1.54, 1.807) is 11.3 Å². The number of rotatable bonds is 8. The molecule has 1 aromatic heterocycles. The molecule has 5 nitrogen and oxygen atoms in total. The van der Waals surface area contributed by atoms with E-state index >= 15 is 0 Å². The summed E-state index contributed by atoms with van der Waals surface area (Å²) in [7, 11) is 0. The zero-order valence-corrected chi connectivity index (χ0v) is 16.0. The van der Waals surface area contributed by atoms with Gasteiger partial charge < -0.3 is 15.4 Å². The third kappa shape index (κ3) is 7.18. The van der Waals surface area contributed by atoms with Crippen LogP contribution in [0, 0.1) is 0 Å². The fourth-order valence-corrected chi connectivity index (χ4v) is 3.63. The first-order valence-electron chi connectivity index (χ1n) is 9.38. The number of aromatic nitrogens is 1. The summed E-state index contributed by atoms with van der Waals surface area (Å²) in [5.41, 5.74) is 1.05. The summed E-state index contributed by atoms with van der Waals surface area (Å²) in [6, 6.07) is 0. The lowest BCUT2D eigenvalue weighted by Gasteiger charge is -2.16. The summed E-state index contributed by atoms with van der Waals surface area (Å²) in [6.45, 7) is 7.22. The van der Waals surface area contributed by atoms with Gasteiger partial charge in [0.2, 0.25) is 0 Å². The van der Waals surface area contributed by atoms with Crippen LogP contribution in [-0.2, 0) is 17.7 Å². The van der Waals surface area contributed by atoms with Crippen LogP contribution in [0.2, 0.25) is 0 Å². The molecule has 0 atom stereocenters. The van der Waals surface area contributed by atoms with Crippen molar-refractivity contribution in [1.29, 1.82) is 0 Å². The molecule has 1 aromatic rings. The van der Waals surface area contributed by atoms with E-state index in [0.717, 1.165) is 37.8 Å². The maximum atomic E-state index is 6.02. The Morgan fingerprint density at radius 1 is 1.25 bits per heavy atom. The van der Waals surface area contributed by atoms with Crippen molar-refractivity contribution in [2.24, 2.45) is 4.99 Å². The van der Waals surface area contributed by atoms with Crippen LogP contribution in [0.4, 0.5) is 0 Å². The van der Waals surface area contributed by atoms with Gasteiger partial charge in [-0.1, -0.05) is 32.6 Å². The van der Waals surface area contributed by atoms with Gasteiger partial charge >= 0.3 is 0 Å². The third-order valence-electron chi connectivity index (χ3n) is 4.20. The van der Waals surface area contributed by atoms with Crippen molar-refractivity contribution in [3.05, 3.63) is 16.1 Å². The Kier molecular flexibility index (Phi) is 9.13. The number of guanidine groups is 1. The molecule has 2 rings (SSSR count). The Balaban J connectivity index is 1.70. The Labute approximate surface area is 150 Å². The number of thiazole rings is 1. The van der Waals surface area contributed by atoms with E-state index in [0.29, 0.717) is 12.6 Å². The smallest absolute Gasteiger partial charge is 0.191 e. The highest BCUT2D eigenvalue weighted by molar-refractivity contribution is 7.09. The van der Waals surface area contributed by atoms with Gasteiger partial charge in [0.25, 0.3) is 0 Å². The minimum Gasteiger partial charge on any atom is -0.376 e. The second-order valence-corrected chi connectivity index (χ2v) is 7.14. The molecule has 1 heterocycles. The summed E-state index contributed by atoms with van der Waals surface area (Å²) >= 11 is 1.71. The second kappa shape index (κ2) is 11.4. The van der Waals surface area contributed by atoms with Gasteiger partial charge in [0, 0.05) is 18.5 Å². The molecule has 0 spiro atoms. The van der Waals surface area contributed by atoms with Crippen molar-refractivity contribution >= 4 is 17.3 Å². The topological polar surface area (TPSA) is 58.5 Å². The van der Waals surface area contributed by atoms with Crippen molar-refractivity contribution in [3.8, 4) is 0 Å². The molecule has 136 valence electrons. The van der Waals surface area contributed by atoms with Gasteiger partial charge in [-0.2, -0.15) is 0 Å². The van der Waals surface area contributed by atoms with Crippen LogP contribution in [0.25, 0.3) is 0 Å². The van der Waals surface area contributed by atoms with Gasteiger partial charge in [0.1, 0.15) is 0 Å². The second-order valence-electron chi connectivity index (χ2n) is 6.19. The number of aryl methyl sites for hydroxylation is 1. The Morgan fingerprint density at radius 3 is 2.71 bits per heavy atom. The van der Waals surface area contributed by atoms with Gasteiger partial charge in [-0.05, 0) is 26.2 Å². The average molecular weight is 353 g/mol. The van der Waals surface area contributed by atoms with Crippen molar-refractivity contribution in [3.63, 3.8) is 0 Å². The molecule has 24 heavy (non-hydrogen) atoms. The van der Waals surface area contributed by atoms with Crippen LogP contribution in [0.15, 0.2) is 10.4 Å². The molecule has 0 amide bonds. The number of aliphatic imine (C=N–C) groups is 1. The van der Waals surface area contributed by atoms with Crippen molar-refractivity contribution in [1.82, 2.24) is 15.6 Å². The van der Waals surface area contributed by atoms with Crippen LogP contribution in [0.1, 0.15) is 63.1 Å². The highest BCUT2D eigenvalue weighted by Crippen LogP contribution is 2.19. The van der Waals surface area contributed by atoms with Crippen molar-refractivity contribution in [2.45, 2.75) is 71.4 Å². The fraction of sp³-hybridized carbons (Fsp3) is 0.778. The van der Waals surface area contributed by atoms with E-state index in [-0.39, 0.29) is 0 Å². The molecule has 0 aromatic carbocycles. The summed E-state index contributed by atoms with van der Waals surface area (Å²) in [5.74, 6) is 0.841. The molecule has 1 aliphatic carbocycles. The molecule has 2 N–H and O–H groups in total. The first kappa shape index (κ1) is 19.2. The van der Waals surface area contributed by atoms with E-state index in [2.05, 4.69) is 39.8 Å². The van der Waals surface area contributed by atoms with Gasteiger partial charge in [-0.3, -0.25) is 0 Å². The van der Waals surface area contributed by atoms with Crippen LogP contribution in [-0.4, -0.2) is 36.7 Å². The molecular formula is C18H32N4OS. The zero-order valence-electron chi connectivity index (χ0n) is 15.1. The first-order chi connectivity index (χ1) is 11.8. The molecule has 1 aliphatic rings.